The van der Waals surface area contributed by atoms with Crippen molar-refractivity contribution in [2.45, 2.75) is 0 Å². The van der Waals surface area contributed by atoms with Crippen LogP contribution in [0.3, 0.4) is 0 Å². The summed E-state index contributed by atoms with van der Waals surface area (Å²) in [6.45, 7) is 0. The van der Waals surface area contributed by atoms with Crippen LogP contribution in [0.2, 0.25) is 0 Å². The number of hydrogen-bond donors (Lipinski definition) is 0. The minimum atomic E-state index is 0.662. The number of aromatic nitrogens is 4. The Labute approximate surface area is 247 Å². The van der Waals surface area contributed by atoms with Gasteiger partial charge in [-0.1, -0.05) is 133 Å². The van der Waals surface area contributed by atoms with Crippen molar-refractivity contribution >= 4 is 38.1 Å². The van der Waals surface area contributed by atoms with Gasteiger partial charge < -0.3 is 4.40 Å². The number of hydrogen-bond acceptors (Lipinski definition) is 3. The second-order valence-corrected chi connectivity index (χ2v) is 10.8. The normalized spacial score (nSPS) is 11.7. The van der Waals surface area contributed by atoms with Crippen molar-refractivity contribution in [1.29, 1.82) is 0 Å². The van der Waals surface area contributed by atoms with E-state index in [0.29, 0.717) is 17.5 Å². The zero-order chi connectivity index (χ0) is 28.3. The van der Waals surface area contributed by atoms with Crippen molar-refractivity contribution in [3.63, 3.8) is 0 Å². The lowest BCUT2D eigenvalue weighted by molar-refractivity contribution is 1.08. The molecule has 0 unspecified atom stereocenters. The van der Waals surface area contributed by atoms with Gasteiger partial charge in [0.25, 0.3) is 0 Å². The molecule has 4 heteroatoms. The Morgan fingerprint density at radius 3 is 1.56 bits per heavy atom. The third-order valence-corrected chi connectivity index (χ3v) is 8.39. The van der Waals surface area contributed by atoms with Crippen LogP contribution in [0, 0.1) is 0 Å². The van der Waals surface area contributed by atoms with Crippen LogP contribution in [0.4, 0.5) is 0 Å². The molecule has 200 valence electrons. The summed E-state index contributed by atoms with van der Waals surface area (Å²) in [5.74, 6) is 1.99. The molecule has 3 heterocycles. The third-order valence-electron chi connectivity index (χ3n) is 8.39. The fraction of sp³-hybridized carbons (Fsp3) is 0. The van der Waals surface area contributed by atoms with Crippen molar-refractivity contribution in [3.8, 4) is 45.3 Å². The Morgan fingerprint density at radius 2 is 0.884 bits per heavy atom. The van der Waals surface area contributed by atoms with Gasteiger partial charge in [-0.3, -0.25) is 0 Å². The first kappa shape index (κ1) is 23.8. The van der Waals surface area contributed by atoms with Crippen molar-refractivity contribution in [3.05, 3.63) is 146 Å². The molecule has 9 aromatic rings. The molecule has 0 atom stereocenters. The second-order valence-electron chi connectivity index (χ2n) is 10.8. The lowest BCUT2D eigenvalue weighted by atomic mass is 9.99. The van der Waals surface area contributed by atoms with Gasteiger partial charge in [-0.2, -0.15) is 0 Å². The van der Waals surface area contributed by atoms with E-state index in [2.05, 4.69) is 89.3 Å². The molecule has 3 aromatic heterocycles. The van der Waals surface area contributed by atoms with Crippen molar-refractivity contribution in [2.75, 3.05) is 0 Å². The van der Waals surface area contributed by atoms with Gasteiger partial charge in [-0.05, 0) is 17.7 Å². The Bertz CT molecular complexity index is 2370. The first-order chi connectivity index (χ1) is 21.3. The maximum atomic E-state index is 5.10. The van der Waals surface area contributed by atoms with Crippen LogP contribution < -0.4 is 0 Å². The summed E-state index contributed by atoms with van der Waals surface area (Å²) in [7, 11) is 0. The molecule has 0 radical (unpaired) electrons. The molecule has 0 N–H and O–H groups in total. The predicted octanol–water partition coefficient (Wildman–Crippen LogP) is 9.69. The van der Waals surface area contributed by atoms with Crippen molar-refractivity contribution in [1.82, 2.24) is 19.4 Å². The van der Waals surface area contributed by atoms with Gasteiger partial charge in [0.15, 0.2) is 17.5 Å². The zero-order valence-corrected chi connectivity index (χ0v) is 23.1. The summed E-state index contributed by atoms with van der Waals surface area (Å²) in [4.78, 5) is 15.1. The first-order valence-electron chi connectivity index (χ1n) is 14.5. The highest BCUT2D eigenvalue weighted by Crippen LogP contribution is 2.45. The van der Waals surface area contributed by atoms with Crippen LogP contribution in [0.25, 0.3) is 83.4 Å². The SMILES string of the molecule is c1ccc(-c2nc(-c3ccccc3)nc(-c3ccc4c5cccc(-c6ccccc6)c5n5c6ccccc6c3c45)n2)cc1. The fourth-order valence-corrected chi connectivity index (χ4v) is 6.51. The Hall–Kier alpha value is -5.87. The largest absolute Gasteiger partial charge is 0.307 e. The topological polar surface area (TPSA) is 43.1 Å². The van der Waals surface area contributed by atoms with Gasteiger partial charge >= 0.3 is 0 Å². The lowest BCUT2D eigenvalue weighted by Gasteiger charge is -2.10. The fourth-order valence-electron chi connectivity index (χ4n) is 6.51. The lowest BCUT2D eigenvalue weighted by Crippen LogP contribution is -2.00. The molecule has 9 rings (SSSR count). The average molecular weight is 549 g/mol. The second kappa shape index (κ2) is 9.33. The highest BCUT2D eigenvalue weighted by atomic mass is 15.0. The van der Waals surface area contributed by atoms with Gasteiger partial charge in [-0.15, -0.1) is 0 Å². The van der Waals surface area contributed by atoms with Gasteiger partial charge in [0.2, 0.25) is 0 Å². The van der Waals surface area contributed by atoms with Crippen LogP contribution in [0.5, 0.6) is 0 Å². The molecular weight excluding hydrogens is 524 g/mol. The Balaban J connectivity index is 1.40. The molecule has 6 aromatic carbocycles. The molecule has 0 aliphatic carbocycles. The Kier molecular flexibility index (Phi) is 5.16. The van der Waals surface area contributed by atoms with Crippen LogP contribution in [-0.4, -0.2) is 19.4 Å². The van der Waals surface area contributed by atoms with Gasteiger partial charge in [-0.25, -0.2) is 15.0 Å². The molecule has 0 bridgehead atoms. The smallest absolute Gasteiger partial charge is 0.164 e. The van der Waals surface area contributed by atoms with Crippen molar-refractivity contribution in [2.24, 2.45) is 0 Å². The summed E-state index contributed by atoms with van der Waals surface area (Å²) < 4.78 is 2.44. The summed E-state index contributed by atoms with van der Waals surface area (Å²) in [6, 6.07) is 50.7. The number of para-hydroxylation sites is 2. The van der Waals surface area contributed by atoms with E-state index < -0.39 is 0 Å². The molecular formula is C39H24N4. The van der Waals surface area contributed by atoms with E-state index in [9.17, 15) is 0 Å². The Morgan fingerprint density at radius 1 is 0.349 bits per heavy atom. The van der Waals surface area contributed by atoms with Crippen LogP contribution in [0.15, 0.2) is 146 Å². The van der Waals surface area contributed by atoms with Gasteiger partial charge in [0.05, 0.1) is 16.6 Å². The summed E-state index contributed by atoms with van der Waals surface area (Å²) >= 11 is 0. The number of rotatable bonds is 4. The summed E-state index contributed by atoms with van der Waals surface area (Å²) in [6.07, 6.45) is 0. The molecule has 0 saturated heterocycles. The van der Waals surface area contributed by atoms with E-state index in [1.165, 1.54) is 43.8 Å². The van der Waals surface area contributed by atoms with Crippen LogP contribution >= 0.6 is 0 Å². The van der Waals surface area contributed by atoms with Gasteiger partial charge in [0.1, 0.15) is 0 Å². The average Bonchev–Trinajstić information content (AvgIpc) is 3.62. The highest BCUT2D eigenvalue weighted by molar-refractivity contribution is 6.28. The maximum absolute atomic E-state index is 5.10. The van der Waals surface area contributed by atoms with E-state index in [0.717, 1.165) is 22.1 Å². The highest BCUT2D eigenvalue weighted by Gasteiger charge is 2.23. The number of nitrogens with zero attached hydrogens (tertiary/aromatic N) is 4. The van der Waals surface area contributed by atoms with Crippen molar-refractivity contribution < 1.29 is 0 Å². The predicted molar refractivity (Wildman–Crippen MR) is 176 cm³/mol. The van der Waals surface area contributed by atoms with Crippen LogP contribution in [-0.2, 0) is 0 Å². The van der Waals surface area contributed by atoms with Crippen LogP contribution in [0.1, 0.15) is 0 Å². The van der Waals surface area contributed by atoms with E-state index in [1.807, 2.05) is 60.7 Å². The van der Waals surface area contributed by atoms with E-state index >= 15 is 0 Å². The molecule has 0 saturated carbocycles. The molecule has 0 spiro atoms. The zero-order valence-electron chi connectivity index (χ0n) is 23.1. The standard InChI is InChI=1S/C39H24N4/c1-4-13-25(14-5-1)28-20-12-21-29-30-23-24-32(34-31-19-10-11-22-33(31)43(35(28)29)36(30)34)39-41-37(26-15-6-2-7-16-26)40-38(42-39)27-17-8-3-9-18-27/h1-24H. The summed E-state index contributed by atoms with van der Waals surface area (Å²) in [5.41, 5.74) is 8.93. The summed E-state index contributed by atoms with van der Waals surface area (Å²) in [5, 5.41) is 4.81. The van der Waals surface area contributed by atoms with E-state index in [-0.39, 0.29) is 0 Å². The van der Waals surface area contributed by atoms with Gasteiger partial charge in [0, 0.05) is 43.8 Å². The van der Waals surface area contributed by atoms with E-state index in [4.69, 9.17) is 15.0 Å². The third kappa shape index (κ3) is 3.60. The maximum Gasteiger partial charge on any atom is 0.164 e. The first-order valence-corrected chi connectivity index (χ1v) is 14.5. The minimum absolute atomic E-state index is 0.662. The number of fused-ring (bicyclic) bond motifs is 6. The molecule has 4 nitrogen and oxygen atoms in total. The molecule has 0 aliphatic heterocycles. The quantitative estimate of drug-likeness (QED) is 0.220. The molecule has 43 heavy (non-hydrogen) atoms. The molecule has 0 fully saturated rings. The minimum Gasteiger partial charge on any atom is -0.307 e. The molecule has 0 aliphatic rings. The number of benzene rings is 6. The molecule has 0 amide bonds. The monoisotopic (exact) mass is 548 g/mol. The van der Waals surface area contributed by atoms with E-state index in [1.54, 1.807) is 0 Å².